The predicted octanol–water partition coefficient (Wildman–Crippen LogP) is -1.11. The van der Waals surface area contributed by atoms with E-state index in [1.807, 2.05) is 0 Å². The zero-order chi connectivity index (χ0) is 14.4. The van der Waals surface area contributed by atoms with Crippen LogP contribution in [0.15, 0.2) is 0 Å². The summed E-state index contributed by atoms with van der Waals surface area (Å²) in [7, 11) is -3.26. The van der Waals surface area contributed by atoms with Gasteiger partial charge in [0.15, 0.2) is 0 Å². The number of nitrogens with one attached hydrogen (secondary N) is 2. The summed E-state index contributed by atoms with van der Waals surface area (Å²) in [5, 5.41) is 5.69. The fourth-order valence-electron chi connectivity index (χ4n) is 2.10. The van der Waals surface area contributed by atoms with E-state index in [2.05, 4.69) is 10.6 Å². The normalized spacial score (nSPS) is 24.1. The van der Waals surface area contributed by atoms with Crippen LogP contribution in [-0.2, 0) is 19.6 Å². The molecule has 0 aromatic rings. The van der Waals surface area contributed by atoms with E-state index in [4.69, 9.17) is 4.74 Å². The highest BCUT2D eigenvalue weighted by Gasteiger charge is 2.25. The Hall–Kier alpha value is -0.0600. The molecular weight excluding hydrogens is 338 g/mol. The SMILES string of the molecule is Cl.O=C(NCCS(=O)(=O)N1CCSCC1)C1CNCCO1. The molecule has 0 saturated carbocycles. The second-order valence-electron chi connectivity index (χ2n) is 4.68. The van der Waals surface area contributed by atoms with Crippen LogP contribution in [0.25, 0.3) is 0 Å². The van der Waals surface area contributed by atoms with Gasteiger partial charge in [0.2, 0.25) is 15.9 Å². The summed E-state index contributed by atoms with van der Waals surface area (Å²) in [6.45, 7) is 2.98. The molecule has 0 spiro atoms. The average Bonchev–Trinajstić information content (AvgIpc) is 2.49. The number of carbonyl (C=O) groups excluding carboxylic acids is 1. The Balaban J connectivity index is 0.00000220. The average molecular weight is 360 g/mol. The maximum Gasteiger partial charge on any atom is 0.250 e. The Bertz CT molecular complexity index is 423. The van der Waals surface area contributed by atoms with Crippen LogP contribution < -0.4 is 10.6 Å². The Kier molecular flexibility index (Phi) is 8.28. The third kappa shape index (κ3) is 5.91. The summed E-state index contributed by atoms with van der Waals surface area (Å²) in [5.74, 6) is 1.38. The number of hydrogen-bond donors (Lipinski definition) is 2. The van der Waals surface area contributed by atoms with Crippen molar-refractivity contribution in [3.8, 4) is 0 Å². The number of morpholine rings is 1. The van der Waals surface area contributed by atoms with Crippen molar-refractivity contribution in [2.75, 3.05) is 56.6 Å². The van der Waals surface area contributed by atoms with E-state index in [-0.39, 0.29) is 30.6 Å². The topological polar surface area (TPSA) is 87.7 Å². The lowest BCUT2D eigenvalue weighted by atomic mass is 10.3. The van der Waals surface area contributed by atoms with Crippen molar-refractivity contribution in [1.29, 1.82) is 0 Å². The third-order valence-electron chi connectivity index (χ3n) is 3.24. The molecule has 0 aromatic carbocycles. The van der Waals surface area contributed by atoms with Gasteiger partial charge in [-0.2, -0.15) is 11.8 Å². The number of carbonyl (C=O) groups is 1. The first-order valence-electron chi connectivity index (χ1n) is 6.75. The number of nitrogens with zero attached hydrogens (tertiary/aromatic N) is 1. The van der Waals surface area contributed by atoms with Crippen LogP contribution >= 0.6 is 24.2 Å². The molecule has 21 heavy (non-hydrogen) atoms. The Morgan fingerprint density at radius 3 is 2.71 bits per heavy atom. The minimum Gasteiger partial charge on any atom is -0.366 e. The van der Waals surface area contributed by atoms with Crippen LogP contribution in [0.1, 0.15) is 0 Å². The van der Waals surface area contributed by atoms with Gasteiger partial charge in [-0.1, -0.05) is 0 Å². The van der Waals surface area contributed by atoms with E-state index in [9.17, 15) is 13.2 Å². The highest BCUT2D eigenvalue weighted by molar-refractivity contribution is 7.99. The molecule has 0 radical (unpaired) electrons. The standard InChI is InChI=1S/C11H21N3O4S2.ClH/c15-11(10-9-12-1-5-18-10)13-2-8-20(16,17)14-3-6-19-7-4-14;/h10,12H,1-9H2,(H,13,15);1H. The van der Waals surface area contributed by atoms with Gasteiger partial charge in [-0.25, -0.2) is 12.7 Å². The van der Waals surface area contributed by atoms with Crippen molar-refractivity contribution >= 4 is 40.1 Å². The monoisotopic (exact) mass is 359 g/mol. The molecule has 1 atom stereocenters. The lowest BCUT2D eigenvalue weighted by molar-refractivity contribution is -0.134. The van der Waals surface area contributed by atoms with E-state index in [0.29, 0.717) is 26.2 Å². The number of amides is 1. The molecule has 2 fully saturated rings. The summed E-state index contributed by atoms with van der Waals surface area (Å²) < 4.78 is 30.9. The molecule has 0 aliphatic carbocycles. The first-order valence-corrected chi connectivity index (χ1v) is 9.51. The van der Waals surface area contributed by atoms with Gasteiger partial charge in [0.1, 0.15) is 6.10 Å². The molecule has 0 bridgehead atoms. The smallest absolute Gasteiger partial charge is 0.250 e. The van der Waals surface area contributed by atoms with Crippen molar-refractivity contribution in [2.45, 2.75) is 6.10 Å². The molecule has 124 valence electrons. The van der Waals surface area contributed by atoms with Gasteiger partial charge in [0.05, 0.1) is 12.4 Å². The highest BCUT2D eigenvalue weighted by atomic mass is 35.5. The summed E-state index contributed by atoms with van der Waals surface area (Å²) in [6, 6.07) is 0. The molecule has 7 nitrogen and oxygen atoms in total. The van der Waals surface area contributed by atoms with Crippen LogP contribution in [0.2, 0.25) is 0 Å². The Morgan fingerprint density at radius 2 is 2.10 bits per heavy atom. The molecular formula is C11H22ClN3O4S2. The van der Waals surface area contributed by atoms with Gasteiger partial charge in [-0.05, 0) is 0 Å². The van der Waals surface area contributed by atoms with Crippen molar-refractivity contribution in [3.63, 3.8) is 0 Å². The second-order valence-corrected chi connectivity index (χ2v) is 8.00. The Labute approximate surface area is 136 Å². The summed E-state index contributed by atoms with van der Waals surface area (Å²) >= 11 is 1.76. The number of sulfonamides is 1. The lowest BCUT2D eigenvalue weighted by Gasteiger charge is -2.26. The minimum absolute atomic E-state index is 0. The van der Waals surface area contributed by atoms with Gasteiger partial charge in [-0.3, -0.25) is 4.79 Å². The van der Waals surface area contributed by atoms with Crippen molar-refractivity contribution in [2.24, 2.45) is 0 Å². The number of thioether (sulfide) groups is 1. The van der Waals surface area contributed by atoms with Crippen molar-refractivity contribution in [3.05, 3.63) is 0 Å². The second kappa shape index (κ2) is 9.16. The molecule has 1 amide bonds. The van der Waals surface area contributed by atoms with Crippen LogP contribution in [0.5, 0.6) is 0 Å². The maximum atomic E-state index is 12.1. The number of halogens is 1. The zero-order valence-corrected chi connectivity index (χ0v) is 14.2. The first-order chi connectivity index (χ1) is 9.59. The number of rotatable bonds is 5. The fraction of sp³-hybridized carbons (Fsp3) is 0.909. The molecule has 2 rings (SSSR count). The van der Waals surface area contributed by atoms with Crippen LogP contribution in [-0.4, -0.2) is 81.3 Å². The van der Waals surface area contributed by atoms with E-state index >= 15 is 0 Å². The summed E-state index contributed by atoms with van der Waals surface area (Å²) in [4.78, 5) is 11.8. The highest BCUT2D eigenvalue weighted by Crippen LogP contribution is 2.13. The van der Waals surface area contributed by atoms with Crippen LogP contribution in [0.4, 0.5) is 0 Å². The quantitative estimate of drug-likeness (QED) is 0.647. The van der Waals surface area contributed by atoms with Crippen molar-refractivity contribution < 1.29 is 17.9 Å². The minimum atomic E-state index is -3.26. The van der Waals surface area contributed by atoms with Gasteiger partial charge in [0.25, 0.3) is 0 Å². The molecule has 1 unspecified atom stereocenters. The van der Waals surface area contributed by atoms with Crippen LogP contribution in [0.3, 0.4) is 0 Å². The summed E-state index contributed by atoms with van der Waals surface area (Å²) in [5.41, 5.74) is 0. The van der Waals surface area contributed by atoms with E-state index < -0.39 is 16.1 Å². The maximum absolute atomic E-state index is 12.1. The summed E-state index contributed by atoms with van der Waals surface area (Å²) in [6.07, 6.45) is -0.516. The van der Waals surface area contributed by atoms with E-state index in [1.165, 1.54) is 4.31 Å². The van der Waals surface area contributed by atoms with E-state index in [0.717, 1.165) is 18.1 Å². The molecule has 0 aromatic heterocycles. The van der Waals surface area contributed by atoms with Gasteiger partial charge in [-0.15, -0.1) is 12.4 Å². The lowest BCUT2D eigenvalue weighted by Crippen LogP contribution is -2.49. The largest absolute Gasteiger partial charge is 0.366 e. The predicted molar refractivity (Wildman–Crippen MR) is 85.6 cm³/mol. The fourth-order valence-corrected chi connectivity index (χ4v) is 4.60. The molecule has 2 heterocycles. The number of ether oxygens (including phenoxy) is 1. The molecule has 2 saturated heterocycles. The first kappa shape index (κ1) is 19.0. The zero-order valence-electron chi connectivity index (χ0n) is 11.7. The number of hydrogen-bond acceptors (Lipinski definition) is 6. The van der Waals surface area contributed by atoms with Crippen LogP contribution in [0, 0.1) is 0 Å². The molecule has 10 heteroatoms. The molecule has 2 aliphatic rings. The third-order valence-corrected chi connectivity index (χ3v) is 6.06. The molecule has 2 aliphatic heterocycles. The van der Waals surface area contributed by atoms with Crippen molar-refractivity contribution in [1.82, 2.24) is 14.9 Å². The Morgan fingerprint density at radius 1 is 1.38 bits per heavy atom. The van der Waals surface area contributed by atoms with Gasteiger partial charge in [0, 0.05) is 44.2 Å². The molecule has 2 N–H and O–H groups in total. The van der Waals surface area contributed by atoms with E-state index in [1.54, 1.807) is 11.8 Å². The van der Waals surface area contributed by atoms with Gasteiger partial charge >= 0.3 is 0 Å². The van der Waals surface area contributed by atoms with Gasteiger partial charge < -0.3 is 15.4 Å².